The maximum Gasteiger partial charge on any atom is 0.332 e. The lowest BCUT2D eigenvalue weighted by Crippen LogP contribution is -2.26. The first-order valence-electron chi connectivity index (χ1n) is 4.28. The van der Waals surface area contributed by atoms with Gasteiger partial charge >= 0.3 is 6.03 Å². The number of nitrogens with zero attached hydrogens (tertiary/aromatic N) is 1. The normalized spacial score (nSPS) is 11.8. The number of nitrogens with one attached hydrogen (secondary N) is 1. The first-order valence-corrected chi connectivity index (χ1v) is 5.16. The Morgan fingerprint density at radius 3 is 2.79 bits per heavy atom. The van der Waals surface area contributed by atoms with Gasteiger partial charge in [-0.15, -0.1) is 11.3 Å². The van der Waals surface area contributed by atoms with Gasteiger partial charge < -0.3 is 5.73 Å². The predicted octanol–water partition coefficient (Wildman–Crippen LogP) is 1.78. The summed E-state index contributed by atoms with van der Waals surface area (Å²) in [4.78, 5) is 11.6. The third-order valence-corrected chi connectivity index (χ3v) is 2.50. The highest BCUT2D eigenvalue weighted by molar-refractivity contribution is 7.12. The lowest BCUT2D eigenvalue weighted by atomic mass is 10.1. The van der Waals surface area contributed by atoms with Gasteiger partial charge in [0.2, 0.25) is 0 Å². The first-order chi connectivity index (χ1) is 6.61. The van der Waals surface area contributed by atoms with Crippen molar-refractivity contribution in [1.29, 1.82) is 0 Å². The highest BCUT2D eigenvalue weighted by Gasteiger charge is 2.09. The molecular formula is C9H13N3OS. The van der Waals surface area contributed by atoms with Crippen molar-refractivity contribution in [3.63, 3.8) is 0 Å². The lowest BCUT2D eigenvalue weighted by molar-refractivity contribution is 0.249. The van der Waals surface area contributed by atoms with Gasteiger partial charge in [-0.1, -0.05) is 19.9 Å². The summed E-state index contributed by atoms with van der Waals surface area (Å²) in [6.45, 7) is 4.03. The molecule has 0 spiro atoms. The summed E-state index contributed by atoms with van der Waals surface area (Å²) in [5.74, 6) is 0.250. The van der Waals surface area contributed by atoms with E-state index in [9.17, 15) is 4.79 Å². The zero-order chi connectivity index (χ0) is 10.6. The Labute approximate surface area is 86.8 Å². The molecule has 4 nitrogen and oxygen atoms in total. The maximum atomic E-state index is 10.5. The summed E-state index contributed by atoms with van der Waals surface area (Å²) in [5.41, 5.74) is 8.04. The van der Waals surface area contributed by atoms with Crippen LogP contribution >= 0.6 is 11.3 Å². The number of amides is 2. The van der Waals surface area contributed by atoms with Crippen molar-refractivity contribution in [1.82, 2.24) is 5.43 Å². The quantitative estimate of drug-likeness (QED) is 0.580. The molecule has 5 heteroatoms. The standard InChI is InChI=1S/C9H13N3OS/c1-6(2)8(11-12-9(10)13)7-4-3-5-14-7/h3-6H,1-2H3,(H3,10,12,13)/b11-8+. The van der Waals surface area contributed by atoms with Gasteiger partial charge in [-0.25, -0.2) is 10.2 Å². The number of carbonyl (C=O) groups excluding carboxylic acids is 1. The highest BCUT2D eigenvalue weighted by Crippen LogP contribution is 2.14. The van der Waals surface area contributed by atoms with E-state index >= 15 is 0 Å². The number of hydrogen-bond acceptors (Lipinski definition) is 3. The van der Waals surface area contributed by atoms with Crippen molar-refractivity contribution in [2.45, 2.75) is 13.8 Å². The third kappa shape index (κ3) is 2.85. The van der Waals surface area contributed by atoms with E-state index in [0.717, 1.165) is 10.6 Å². The van der Waals surface area contributed by atoms with Crippen LogP contribution in [0, 0.1) is 5.92 Å². The molecule has 0 aliphatic carbocycles. The minimum atomic E-state index is -0.639. The smallest absolute Gasteiger partial charge is 0.332 e. The Bertz CT molecular complexity index is 330. The molecule has 76 valence electrons. The summed E-state index contributed by atoms with van der Waals surface area (Å²) in [6, 6.07) is 3.27. The van der Waals surface area contributed by atoms with Crippen molar-refractivity contribution in [2.24, 2.45) is 16.8 Å². The molecule has 0 atom stereocenters. The van der Waals surface area contributed by atoms with Gasteiger partial charge in [0.15, 0.2) is 0 Å². The van der Waals surface area contributed by atoms with Crippen LogP contribution in [0.5, 0.6) is 0 Å². The van der Waals surface area contributed by atoms with Crippen LogP contribution in [-0.2, 0) is 0 Å². The monoisotopic (exact) mass is 211 g/mol. The average molecular weight is 211 g/mol. The van der Waals surface area contributed by atoms with E-state index in [1.165, 1.54) is 0 Å². The first kappa shape index (κ1) is 10.7. The van der Waals surface area contributed by atoms with Gasteiger partial charge in [0.05, 0.1) is 10.6 Å². The van der Waals surface area contributed by atoms with E-state index < -0.39 is 6.03 Å². The second-order valence-electron chi connectivity index (χ2n) is 3.11. The Morgan fingerprint density at radius 1 is 1.64 bits per heavy atom. The van der Waals surface area contributed by atoms with E-state index in [0.29, 0.717) is 0 Å². The third-order valence-electron chi connectivity index (χ3n) is 1.61. The van der Waals surface area contributed by atoms with Crippen LogP contribution in [0.4, 0.5) is 4.79 Å². The fraction of sp³-hybridized carbons (Fsp3) is 0.333. The van der Waals surface area contributed by atoms with Crippen LogP contribution in [0.2, 0.25) is 0 Å². The minimum Gasteiger partial charge on any atom is -0.350 e. The number of rotatable bonds is 3. The number of primary amides is 1. The Balaban J connectivity index is 2.85. The molecule has 0 aliphatic heterocycles. The number of nitrogens with two attached hydrogens (primary N) is 1. The SMILES string of the molecule is CC(C)/C(=N\NC(N)=O)c1cccs1. The van der Waals surface area contributed by atoms with Gasteiger partial charge in [-0.3, -0.25) is 0 Å². The van der Waals surface area contributed by atoms with Crippen LogP contribution in [-0.4, -0.2) is 11.7 Å². The minimum absolute atomic E-state index is 0.250. The maximum absolute atomic E-state index is 10.5. The number of carbonyl (C=O) groups is 1. The molecule has 0 aliphatic rings. The molecule has 0 radical (unpaired) electrons. The molecule has 2 amide bonds. The molecule has 0 unspecified atom stereocenters. The van der Waals surface area contributed by atoms with E-state index in [1.54, 1.807) is 11.3 Å². The summed E-state index contributed by atoms with van der Waals surface area (Å²) in [6.07, 6.45) is 0. The molecule has 1 rings (SSSR count). The van der Waals surface area contributed by atoms with E-state index in [-0.39, 0.29) is 5.92 Å². The van der Waals surface area contributed by atoms with E-state index in [2.05, 4.69) is 10.5 Å². The van der Waals surface area contributed by atoms with Crippen LogP contribution in [0.25, 0.3) is 0 Å². The molecule has 0 fully saturated rings. The van der Waals surface area contributed by atoms with Crippen LogP contribution in [0.3, 0.4) is 0 Å². The number of urea groups is 1. The molecule has 1 aromatic rings. The molecule has 3 N–H and O–H groups in total. The van der Waals surface area contributed by atoms with Gasteiger partial charge in [0.25, 0.3) is 0 Å². The summed E-state index contributed by atoms with van der Waals surface area (Å²) < 4.78 is 0. The lowest BCUT2D eigenvalue weighted by Gasteiger charge is -2.07. The van der Waals surface area contributed by atoms with Crippen LogP contribution in [0.1, 0.15) is 18.7 Å². The number of hydrogen-bond donors (Lipinski definition) is 2. The van der Waals surface area contributed by atoms with Gasteiger partial charge in [0.1, 0.15) is 0 Å². The molecule has 14 heavy (non-hydrogen) atoms. The summed E-state index contributed by atoms with van der Waals surface area (Å²) >= 11 is 1.59. The fourth-order valence-electron chi connectivity index (χ4n) is 1.01. The van der Waals surface area contributed by atoms with Crippen molar-refractivity contribution >= 4 is 23.1 Å². The van der Waals surface area contributed by atoms with Gasteiger partial charge in [-0.05, 0) is 17.4 Å². The Kier molecular flexibility index (Phi) is 3.64. The van der Waals surface area contributed by atoms with Crippen LogP contribution < -0.4 is 11.2 Å². The fourth-order valence-corrected chi connectivity index (χ4v) is 1.87. The molecule has 0 bridgehead atoms. The Morgan fingerprint density at radius 2 is 2.36 bits per heavy atom. The highest BCUT2D eigenvalue weighted by atomic mass is 32.1. The molecule has 0 saturated heterocycles. The van der Waals surface area contributed by atoms with E-state index in [4.69, 9.17) is 5.73 Å². The Hall–Kier alpha value is -1.36. The second kappa shape index (κ2) is 4.76. The van der Waals surface area contributed by atoms with Crippen molar-refractivity contribution in [2.75, 3.05) is 0 Å². The largest absolute Gasteiger partial charge is 0.350 e. The van der Waals surface area contributed by atoms with Gasteiger partial charge in [-0.2, -0.15) is 5.10 Å². The molecule has 1 heterocycles. The zero-order valence-corrected chi connectivity index (χ0v) is 8.97. The number of thiophene rings is 1. The molecular weight excluding hydrogens is 198 g/mol. The molecule has 0 saturated carbocycles. The van der Waals surface area contributed by atoms with Gasteiger partial charge in [0, 0.05) is 0 Å². The zero-order valence-electron chi connectivity index (χ0n) is 8.15. The average Bonchev–Trinajstić information content (AvgIpc) is 2.56. The van der Waals surface area contributed by atoms with Crippen molar-refractivity contribution < 1.29 is 4.79 Å². The molecule has 1 aromatic heterocycles. The summed E-state index contributed by atoms with van der Waals surface area (Å²) in [7, 11) is 0. The molecule has 0 aromatic carbocycles. The number of hydrazone groups is 1. The van der Waals surface area contributed by atoms with Crippen LogP contribution in [0.15, 0.2) is 22.6 Å². The summed E-state index contributed by atoms with van der Waals surface area (Å²) in [5, 5.41) is 5.94. The van der Waals surface area contributed by atoms with E-state index in [1.807, 2.05) is 31.4 Å². The predicted molar refractivity (Wildman–Crippen MR) is 58.4 cm³/mol. The van der Waals surface area contributed by atoms with Crippen molar-refractivity contribution in [3.8, 4) is 0 Å². The topological polar surface area (TPSA) is 67.5 Å². The van der Waals surface area contributed by atoms with Crippen molar-refractivity contribution in [3.05, 3.63) is 22.4 Å². The second-order valence-corrected chi connectivity index (χ2v) is 4.05.